The van der Waals surface area contributed by atoms with Gasteiger partial charge < -0.3 is 14.8 Å². The van der Waals surface area contributed by atoms with Crippen LogP contribution in [0.15, 0.2) is 0 Å². The zero-order valence-electron chi connectivity index (χ0n) is 15.4. The maximum Gasteiger partial charge on any atom is 0.532 e. The Labute approximate surface area is 153 Å². The van der Waals surface area contributed by atoms with Crippen molar-refractivity contribution >= 4 is 27.6 Å². The van der Waals surface area contributed by atoms with E-state index < -0.39 is 33.6 Å². The van der Waals surface area contributed by atoms with E-state index in [2.05, 4.69) is 9.05 Å². The van der Waals surface area contributed by atoms with Crippen LogP contribution in [0.2, 0.25) is 0 Å². The van der Waals surface area contributed by atoms with Crippen molar-refractivity contribution in [3.05, 3.63) is 0 Å². The smallest absolute Gasteiger partial charge is 0.370 e. The van der Waals surface area contributed by atoms with Gasteiger partial charge in [-0.15, -0.1) is 0 Å². The summed E-state index contributed by atoms with van der Waals surface area (Å²) in [6.07, 6.45) is -0.581. The Morgan fingerprint density at radius 1 is 0.808 bits per heavy atom. The minimum atomic E-state index is -4.06. The van der Waals surface area contributed by atoms with Crippen molar-refractivity contribution in [1.82, 2.24) is 0 Å². The Bertz CT molecular complexity index is 521. The van der Waals surface area contributed by atoms with E-state index in [4.69, 9.17) is 23.8 Å². The fourth-order valence-electron chi connectivity index (χ4n) is 1.55. The van der Waals surface area contributed by atoms with Crippen molar-refractivity contribution in [2.24, 2.45) is 5.73 Å². The molecular weight excluding hydrogens is 392 g/mol. The zero-order chi connectivity index (χ0) is 20.2. The highest BCUT2D eigenvalue weighted by Gasteiger charge is 2.34. The highest BCUT2D eigenvalue weighted by atomic mass is 31.2. The molecule has 11 nitrogen and oxygen atoms in total. The summed E-state index contributed by atoms with van der Waals surface area (Å²) in [6.45, 7) is 6.23. The fourth-order valence-corrected chi connectivity index (χ4v) is 3.87. The minimum absolute atomic E-state index is 0.00371. The fraction of sp³-hybridized carbons (Fsp3) is 0.846. The predicted octanol–water partition coefficient (Wildman–Crippen LogP) is 2.54. The lowest BCUT2D eigenvalue weighted by atomic mass is 10.2. The summed E-state index contributed by atoms with van der Waals surface area (Å²) in [5.74, 6) is -2.00. The molecule has 2 N–H and O–H groups in total. The van der Waals surface area contributed by atoms with Crippen LogP contribution in [0.4, 0.5) is 0 Å². The molecule has 0 rings (SSSR count). The van der Waals surface area contributed by atoms with Gasteiger partial charge >= 0.3 is 27.6 Å². The minimum Gasteiger partial charge on any atom is -0.370 e. The van der Waals surface area contributed by atoms with E-state index in [1.165, 1.54) is 0 Å². The predicted molar refractivity (Wildman–Crippen MR) is 91.1 cm³/mol. The maximum absolute atomic E-state index is 12.1. The number of hydrogen-bond acceptors (Lipinski definition) is 11. The number of phosphoric ester groups is 2. The molecule has 0 heterocycles. The summed E-state index contributed by atoms with van der Waals surface area (Å²) in [5.41, 5.74) is 5.60. The second-order valence-electron chi connectivity index (χ2n) is 4.58. The first-order valence-electron chi connectivity index (χ1n) is 8.14. The Kier molecular flexibility index (Phi) is 12.2. The normalized spacial score (nSPS) is 13.3. The number of carbonyl (C=O) groups excluding carboxylic acids is 2. The molecule has 1 atom stereocenters. The molecule has 0 unspecified atom stereocenters. The summed E-state index contributed by atoms with van der Waals surface area (Å²) in [4.78, 5) is 23.6. The summed E-state index contributed by atoms with van der Waals surface area (Å²) < 4.78 is 52.8. The summed E-state index contributed by atoms with van der Waals surface area (Å²) >= 11 is 0. The highest BCUT2D eigenvalue weighted by molar-refractivity contribution is 7.49. The third kappa shape index (κ3) is 9.78. The third-order valence-corrected chi connectivity index (χ3v) is 5.65. The zero-order valence-corrected chi connectivity index (χ0v) is 17.2. The van der Waals surface area contributed by atoms with Crippen LogP contribution >= 0.6 is 15.6 Å². The van der Waals surface area contributed by atoms with Gasteiger partial charge in [0.2, 0.25) is 0 Å². The standard InChI is InChI=1S/C13H27NO10P2/c1-5-19-25(17,20-6-2)23-12(15)10-9-11(14)13(16)24-26(18,21-7-3)22-8-4/h11H,5-10,14H2,1-4H3/t11-/m0/s1. The van der Waals surface area contributed by atoms with Gasteiger partial charge in [-0.05, 0) is 34.1 Å². The first-order chi connectivity index (χ1) is 12.1. The quantitative estimate of drug-likeness (QED) is 0.414. The Hall–Kier alpha value is -0.800. The van der Waals surface area contributed by atoms with Crippen LogP contribution in [0.3, 0.4) is 0 Å². The summed E-state index contributed by atoms with van der Waals surface area (Å²) in [6, 6.07) is -1.30. The molecule has 0 amide bonds. The van der Waals surface area contributed by atoms with E-state index in [0.29, 0.717) is 0 Å². The molecule has 13 heteroatoms. The van der Waals surface area contributed by atoms with Gasteiger partial charge in [0.25, 0.3) is 0 Å². The molecule has 0 aliphatic heterocycles. The highest BCUT2D eigenvalue weighted by Crippen LogP contribution is 2.50. The maximum atomic E-state index is 12.1. The Balaban J connectivity index is 4.60. The average molecular weight is 419 g/mol. The van der Waals surface area contributed by atoms with Crippen LogP contribution in [0.25, 0.3) is 0 Å². The summed E-state index contributed by atoms with van der Waals surface area (Å²) in [7, 11) is -8.06. The van der Waals surface area contributed by atoms with Crippen molar-refractivity contribution in [1.29, 1.82) is 0 Å². The third-order valence-electron chi connectivity index (χ3n) is 2.53. The van der Waals surface area contributed by atoms with Gasteiger partial charge in [0.15, 0.2) is 0 Å². The van der Waals surface area contributed by atoms with Crippen molar-refractivity contribution in [2.75, 3.05) is 26.4 Å². The molecule has 0 aromatic rings. The number of phosphoric acid groups is 2. The van der Waals surface area contributed by atoms with Gasteiger partial charge in [0.05, 0.1) is 26.4 Å². The molecule has 154 valence electrons. The largest absolute Gasteiger partial charge is 0.532 e. The van der Waals surface area contributed by atoms with Crippen molar-refractivity contribution in [2.45, 2.75) is 46.6 Å². The van der Waals surface area contributed by atoms with E-state index in [9.17, 15) is 18.7 Å². The van der Waals surface area contributed by atoms with Crippen LogP contribution in [0.1, 0.15) is 40.5 Å². The molecule has 0 bridgehead atoms. The van der Waals surface area contributed by atoms with E-state index in [1.807, 2.05) is 0 Å². The van der Waals surface area contributed by atoms with E-state index in [0.717, 1.165) is 0 Å². The van der Waals surface area contributed by atoms with E-state index in [-0.39, 0.29) is 39.3 Å². The van der Waals surface area contributed by atoms with Crippen molar-refractivity contribution < 1.29 is 45.9 Å². The Morgan fingerprint density at radius 2 is 1.19 bits per heavy atom. The van der Waals surface area contributed by atoms with Crippen LogP contribution in [-0.2, 0) is 45.9 Å². The van der Waals surface area contributed by atoms with Crippen LogP contribution < -0.4 is 5.73 Å². The number of hydrogen-bond donors (Lipinski definition) is 1. The van der Waals surface area contributed by atoms with Crippen LogP contribution in [0, 0.1) is 0 Å². The molecule has 0 saturated carbocycles. The van der Waals surface area contributed by atoms with Gasteiger partial charge in [-0.2, -0.15) is 0 Å². The molecule has 0 aliphatic carbocycles. The molecule has 0 saturated heterocycles. The SMILES string of the molecule is CCOP(=O)(OCC)OC(=O)CC[C@H](N)C(=O)OP(=O)(OCC)OCC. The average Bonchev–Trinajstić information content (AvgIpc) is 2.52. The molecule has 0 aromatic heterocycles. The van der Waals surface area contributed by atoms with E-state index >= 15 is 0 Å². The summed E-state index contributed by atoms with van der Waals surface area (Å²) in [5, 5.41) is 0. The second-order valence-corrected chi connectivity index (χ2v) is 7.77. The number of rotatable bonds is 14. The lowest BCUT2D eigenvalue weighted by molar-refractivity contribution is -0.139. The monoisotopic (exact) mass is 419 g/mol. The van der Waals surface area contributed by atoms with Gasteiger partial charge in [0.1, 0.15) is 6.04 Å². The van der Waals surface area contributed by atoms with Gasteiger partial charge in [-0.25, -0.2) is 13.9 Å². The molecule has 0 fully saturated rings. The van der Waals surface area contributed by atoms with Crippen molar-refractivity contribution in [3.63, 3.8) is 0 Å². The van der Waals surface area contributed by atoms with Crippen LogP contribution in [-0.4, -0.2) is 44.4 Å². The van der Waals surface area contributed by atoms with Gasteiger partial charge in [-0.1, -0.05) is 0 Å². The number of carbonyl (C=O) groups is 2. The number of nitrogens with two attached hydrogens (primary N) is 1. The van der Waals surface area contributed by atoms with Crippen LogP contribution in [0.5, 0.6) is 0 Å². The molecule has 0 aliphatic rings. The molecule has 0 spiro atoms. The van der Waals surface area contributed by atoms with Crippen molar-refractivity contribution in [3.8, 4) is 0 Å². The van der Waals surface area contributed by atoms with Gasteiger partial charge in [-0.3, -0.25) is 22.9 Å². The van der Waals surface area contributed by atoms with Gasteiger partial charge in [0, 0.05) is 6.42 Å². The molecule has 26 heavy (non-hydrogen) atoms. The second kappa shape index (κ2) is 12.6. The molecule has 0 radical (unpaired) electrons. The topological polar surface area (TPSA) is 150 Å². The Morgan fingerprint density at radius 3 is 1.58 bits per heavy atom. The molecule has 0 aromatic carbocycles. The lowest BCUT2D eigenvalue weighted by Crippen LogP contribution is -2.32. The lowest BCUT2D eigenvalue weighted by Gasteiger charge is -2.18. The van der Waals surface area contributed by atoms with E-state index in [1.54, 1.807) is 27.7 Å². The molecular formula is C13H27NO10P2. The first-order valence-corrected chi connectivity index (χ1v) is 11.1. The first kappa shape index (κ1) is 25.2.